The lowest BCUT2D eigenvalue weighted by Gasteiger charge is -2.34. The summed E-state index contributed by atoms with van der Waals surface area (Å²) in [7, 11) is -4.37. The van der Waals surface area contributed by atoms with E-state index in [1.165, 1.54) is 0 Å². The molecule has 1 aromatic rings. The second-order valence-electron chi connectivity index (χ2n) is 6.56. The summed E-state index contributed by atoms with van der Waals surface area (Å²) in [4.78, 5) is 1.13. The van der Waals surface area contributed by atoms with Gasteiger partial charge in [0.05, 0.1) is 5.56 Å². The fourth-order valence-corrected chi connectivity index (χ4v) is 4.02. The second-order valence-corrected chi connectivity index (χ2v) is 8.30. The van der Waals surface area contributed by atoms with Gasteiger partial charge in [0.15, 0.2) is 0 Å². The summed E-state index contributed by atoms with van der Waals surface area (Å²) in [6.45, 7) is 5.67. The van der Waals surface area contributed by atoms with Crippen molar-refractivity contribution in [1.82, 2.24) is 9.62 Å². The Balaban J connectivity index is 2.09. The van der Waals surface area contributed by atoms with E-state index in [0.29, 0.717) is 24.1 Å². The first kappa shape index (κ1) is 20.1. The maximum Gasteiger partial charge on any atom is 0.416 e. The lowest BCUT2D eigenvalue weighted by Crippen LogP contribution is -2.45. The Hall–Kier alpha value is -1.19. The van der Waals surface area contributed by atoms with Crippen LogP contribution in [0.1, 0.15) is 32.3 Å². The number of nitrogens with one attached hydrogen (secondary N) is 1. The number of hydrogen-bond donors (Lipinski definition) is 1. The van der Waals surface area contributed by atoms with Crippen molar-refractivity contribution in [3.8, 4) is 0 Å². The van der Waals surface area contributed by atoms with Crippen molar-refractivity contribution in [2.75, 3.05) is 19.6 Å². The predicted octanol–water partition coefficient (Wildman–Crippen LogP) is 3.24. The Morgan fingerprint density at radius 2 is 1.88 bits per heavy atom. The van der Waals surface area contributed by atoms with Gasteiger partial charge in [-0.1, -0.05) is 6.92 Å². The standard InChI is InChI=1S/C16H22F4N2O2S/c1-11-5-7-22(8-6-11)12(2)10-21-25(23,24)15-9-13(16(18,19)20)3-4-14(15)17/h3-4,9,11-12,21H,5-8,10H2,1-2H3. The highest BCUT2D eigenvalue weighted by molar-refractivity contribution is 7.89. The molecule has 2 rings (SSSR count). The molecule has 0 amide bonds. The Morgan fingerprint density at radius 1 is 1.28 bits per heavy atom. The Labute approximate surface area is 145 Å². The minimum atomic E-state index is -4.74. The number of piperidine rings is 1. The number of hydrogen-bond acceptors (Lipinski definition) is 3. The van der Waals surface area contributed by atoms with E-state index < -0.39 is 32.5 Å². The van der Waals surface area contributed by atoms with Crippen LogP contribution in [0.2, 0.25) is 0 Å². The highest BCUT2D eigenvalue weighted by Gasteiger charge is 2.33. The first-order valence-electron chi connectivity index (χ1n) is 8.11. The molecule has 1 aliphatic rings. The minimum Gasteiger partial charge on any atom is -0.299 e. The smallest absolute Gasteiger partial charge is 0.299 e. The SMILES string of the molecule is CC1CCN(C(C)CNS(=O)(=O)c2cc(C(F)(F)F)ccc2F)CC1. The van der Waals surface area contributed by atoms with E-state index in [0.717, 1.165) is 25.9 Å². The molecule has 0 saturated carbocycles. The molecule has 9 heteroatoms. The summed E-state index contributed by atoms with van der Waals surface area (Å²) in [6, 6.07) is 1.24. The van der Waals surface area contributed by atoms with Crippen LogP contribution < -0.4 is 4.72 Å². The largest absolute Gasteiger partial charge is 0.416 e. The summed E-state index contributed by atoms with van der Waals surface area (Å²) in [5.41, 5.74) is -1.20. The van der Waals surface area contributed by atoms with E-state index in [1.54, 1.807) is 0 Å². The Bertz CT molecular complexity index is 699. The fraction of sp³-hybridized carbons (Fsp3) is 0.625. The molecule has 142 valence electrons. The van der Waals surface area contributed by atoms with Crippen molar-refractivity contribution >= 4 is 10.0 Å². The molecule has 4 nitrogen and oxygen atoms in total. The van der Waals surface area contributed by atoms with Gasteiger partial charge in [-0.3, -0.25) is 4.90 Å². The first-order chi connectivity index (χ1) is 11.5. The van der Waals surface area contributed by atoms with Crippen LogP contribution in [0.3, 0.4) is 0 Å². The van der Waals surface area contributed by atoms with E-state index >= 15 is 0 Å². The van der Waals surface area contributed by atoms with Crippen LogP contribution in [0.4, 0.5) is 17.6 Å². The van der Waals surface area contributed by atoms with Gasteiger partial charge in [-0.2, -0.15) is 13.2 Å². The molecule has 0 bridgehead atoms. The van der Waals surface area contributed by atoms with Gasteiger partial charge < -0.3 is 0 Å². The molecule has 1 aromatic carbocycles. The predicted molar refractivity (Wildman–Crippen MR) is 86.0 cm³/mol. The van der Waals surface area contributed by atoms with Gasteiger partial charge in [0.1, 0.15) is 10.7 Å². The number of benzene rings is 1. The highest BCUT2D eigenvalue weighted by Crippen LogP contribution is 2.31. The monoisotopic (exact) mass is 382 g/mol. The van der Waals surface area contributed by atoms with Gasteiger partial charge in [0.2, 0.25) is 10.0 Å². The van der Waals surface area contributed by atoms with Crippen molar-refractivity contribution in [3.63, 3.8) is 0 Å². The molecule has 1 N–H and O–H groups in total. The van der Waals surface area contributed by atoms with Crippen molar-refractivity contribution in [2.24, 2.45) is 5.92 Å². The topological polar surface area (TPSA) is 49.4 Å². The van der Waals surface area contributed by atoms with E-state index in [2.05, 4.69) is 16.5 Å². The number of nitrogens with zero attached hydrogens (tertiary/aromatic N) is 1. The van der Waals surface area contributed by atoms with Crippen LogP contribution in [-0.4, -0.2) is 39.0 Å². The van der Waals surface area contributed by atoms with Crippen molar-refractivity contribution < 1.29 is 26.0 Å². The molecule has 1 fully saturated rings. The average Bonchev–Trinajstić information content (AvgIpc) is 2.52. The van der Waals surface area contributed by atoms with Gasteiger partial charge in [-0.05, 0) is 57.0 Å². The minimum absolute atomic E-state index is 0.00635. The molecule has 0 aromatic heterocycles. The summed E-state index contributed by atoms with van der Waals surface area (Å²) in [6.07, 6.45) is -2.71. The van der Waals surface area contributed by atoms with Gasteiger partial charge in [-0.25, -0.2) is 17.5 Å². The summed E-state index contributed by atoms with van der Waals surface area (Å²) < 4.78 is 78.7. The van der Waals surface area contributed by atoms with Crippen LogP contribution in [0.15, 0.2) is 23.1 Å². The van der Waals surface area contributed by atoms with Gasteiger partial charge in [0.25, 0.3) is 0 Å². The first-order valence-corrected chi connectivity index (χ1v) is 9.59. The van der Waals surface area contributed by atoms with Gasteiger partial charge in [0, 0.05) is 12.6 Å². The highest BCUT2D eigenvalue weighted by atomic mass is 32.2. The van der Waals surface area contributed by atoms with Crippen LogP contribution in [0, 0.1) is 11.7 Å². The number of alkyl halides is 3. The quantitative estimate of drug-likeness (QED) is 0.796. The molecular formula is C16H22F4N2O2S. The van der Waals surface area contributed by atoms with Gasteiger partial charge in [-0.15, -0.1) is 0 Å². The zero-order valence-electron chi connectivity index (χ0n) is 14.1. The molecule has 1 unspecified atom stereocenters. The molecule has 25 heavy (non-hydrogen) atoms. The van der Waals surface area contributed by atoms with Crippen LogP contribution in [0.25, 0.3) is 0 Å². The van der Waals surface area contributed by atoms with Crippen LogP contribution in [0.5, 0.6) is 0 Å². The molecule has 1 atom stereocenters. The summed E-state index contributed by atoms with van der Waals surface area (Å²) >= 11 is 0. The molecule has 0 radical (unpaired) electrons. The Kier molecular flexibility index (Phi) is 6.11. The third kappa shape index (κ3) is 5.15. The molecule has 1 heterocycles. The summed E-state index contributed by atoms with van der Waals surface area (Å²) in [5, 5.41) is 0. The maximum absolute atomic E-state index is 13.8. The fourth-order valence-electron chi connectivity index (χ4n) is 2.79. The van der Waals surface area contributed by atoms with E-state index in [1.807, 2.05) is 6.92 Å². The number of sulfonamides is 1. The lowest BCUT2D eigenvalue weighted by atomic mass is 9.98. The zero-order valence-corrected chi connectivity index (χ0v) is 14.9. The van der Waals surface area contributed by atoms with E-state index in [4.69, 9.17) is 0 Å². The van der Waals surface area contributed by atoms with Crippen LogP contribution in [-0.2, 0) is 16.2 Å². The van der Waals surface area contributed by atoms with E-state index in [-0.39, 0.29) is 12.6 Å². The zero-order chi connectivity index (χ0) is 18.8. The molecule has 1 aliphatic heterocycles. The normalized spacial score (nSPS) is 19.1. The number of likely N-dealkylation sites (tertiary alicyclic amines) is 1. The lowest BCUT2D eigenvalue weighted by molar-refractivity contribution is -0.137. The van der Waals surface area contributed by atoms with Crippen LogP contribution >= 0.6 is 0 Å². The molecule has 0 spiro atoms. The molecule has 0 aliphatic carbocycles. The maximum atomic E-state index is 13.8. The second kappa shape index (κ2) is 7.59. The third-order valence-electron chi connectivity index (χ3n) is 4.56. The van der Waals surface area contributed by atoms with Crippen molar-refractivity contribution in [3.05, 3.63) is 29.6 Å². The number of rotatable bonds is 5. The van der Waals surface area contributed by atoms with Crippen molar-refractivity contribution in [2.45, 2.75) is 43.8 Å². The van der Waals surface area contributed by atoms with E-state index in [9.17, 15) is 26.0 Å². The molecular weight excluding hydrogens is 360 g/mol. The van der Waals surface area contributed by atoms with Gasteiger partial charge >= 0.3 is 6.18 Å². The summed E-state index contributed by atoms with van der Waals surface area (Å²) in [5.74, 6) is -0.584. The average molecular weight is 382 g/mol. The third-order valence-corrected chi connectivity index (χ3v) is 6.00. The van der Waals surface area contributed by atoms with Crippen molar-refractivity contribution in [1.29, 1.82) is 0 Å². The molecule has 1 saturated heterocycles. The Morgan fingerprint density at radius 3 is 2.44 bits per heavy atom. The number of halogens is 4.